The number of fused-ring (bicyclic) bond motifs is 1. The van der Waals surface area contributed by atoms with Crippen LogP contribution in [0.2, 0.25) is 0 Å². The molecule has 0 fully saturated rings. The van der Waals surface area contributed by atoms with Crippen LogP contribution in [0.5, 0.6) is 0 Å². The molecule has 32 heavy (non-hydrogen) atoms. The Morgan fingerprint density at radius 3 is 2.59 bits per heavy atom. The molecule has 2 aromatic heterocycles. The van der Waals surface area contributed by atoms with E-state index in [-0.39, 0.29) is 23.1 Å². The van der Waals surface area contributed by atoms with Crippen LogP contribution < -0.4 is 10.6 Å². The Balaban J connectivity index is 0.00000289. The first-order valence-corrected chi connectivity index (χ1v) is 11.7. The zero-order chi connectivity index (χ0) is 22.2. The number of aromatic nitrogens is 2. The van der Waals surface area contributed by atoms with Gasteiger partial charge in [-0.05, 0) is 71.4 Å². The van der Waals surface area contributed by atoms with Gasteiger partial charge in [-0.2, -0.15) is 0 Å². The summed E-state index contributed by atoms with van der Waals surface area (Å²) in [5, 5.41) is 6.89. The molecule has 0 unspecified atom stereocenters. The summed E-state index contributed by atoms with van der Waals surface area (Å²) in [6, 6.07) is 11.8. The van der Waals surface area contributed by atoms with Gasteiger partial charge in [-0.15, -0.1) is 12.4 Å². The summed E-state index contributed by atoms with van der Waals surface area (Å²) < 4.78 is 42.9. The number of halogens is 3. The molecule has 0 aliphatic carbocycles. The lowest BCUT2D eigenvalue weighted by Gasteiger charge is -2.11. The number of hydrogen-bond donors (Lipinski definition) is 2. The molecule has 0 radical (unpaired) electrons. The standard InChI is InChI=1S/C22H20BrFN4O2S.ClH/c1-14-3-6-21(20(24)7-14)27-17-4-5-19-15(10-25-2)13-28(22(19)9-17)31(29,30)18-8-16(23)11-26-12-18;/h3-9,11-13,25,27H,10H2,1-2H3;1H. The lowest BCUT2D eigenvalue weighted by Crippen LogP contribution is -2.12. The Bertz CT molecular complexity index is 1390. The molecule has 0 saturated heterocycles. The summed E-state index contributed by atoms with van der Waals surface area (Å²) in [6.45, 7) is 2.31. The number of hydrogen-bond acceptors (Lipinski definition) is 5. The van der Waals surface area contributed by atoms with Crippen molar-refractivity contribution in [1.29, 1.82) is 0 Å². The normalized spacial score (nSPS) is 11.4. The average molecular weight is 540 g/mol. The van der Waals surface area contributed by atoms with E-state index in [0.717, 1.165) is 16.5 Å². The Hall–Kier alpha value is -2.46. The van der Waals surface area contributed by atoms with Crippen LogP contribution in [-0.4, -0.2) is 24.4 Å². The van der Waals surface area contributed by atoms with Crippen LogP contribution in [0.3, 0.4) is 0 Å². The summed E-state index contributed by atoms with van der Waals surface area (Å²) >= 11 is 3.28. The molecule has 0 bridgehead atoms. The van der Waals surface area contributed by atoms with Gasteiger partial charge in [0.15, 0.2) is 0 Å². The van der Waals surface area contributed by atoms with Crippen molar-refractivity contribution in [1.82, 2.24) is 14.3 Å². The van der Waals surface area contributed by atoms with Gasteiger partial charge in [-0.3, -0.25) is 4.98 Å². The van der Waals surface area contributed by atoms with Crippen molar-refractivity contribution >= 4 is 60.6 Å². The highest BCUT2D eigenvalue weighted by Crippen LogP contribution is 2.30. The van der Waals surface area contributed by atoms with E-state index in [1.165, 1.54) is 28.5 Å². The van der Waals surface area contributed by atoms with Crippen LogP contribution in [0.25, 0.3) is 10.9 Å². The highest BCUT2D eigenvalue weighted by atomic mass is 79.9. The fraction of sp³-hybridized carbons (Fsp3) is 0.136. The zero-order valence-corrected chi connectivity index (χ0v) is 20.5. The third kappa shape index (κ3) is 4.66. The minimum Gasteiger partial charge on any atom is -0.353 e. The maximum atomic E-state index is 14.3. The SMILES string of the molecule is CNCc1cn(S(=O)(=O)c2cncc(Br)c2)c2cc(Nc3ccc(C)cc3F)ccc12.Cl. The van der Waals surface area contributed by atoms with E-state index >= 15 is 0 Å². The number of nitrogens with one attached hydrogen (secondary N) is 2. The largest absolute Gasteiger partial charge is 0.353 e. The van der Waals surface area contributed by atoms with Crippen LogP contribution in [0.4, 0.5) is 15.8 Å². The van der Waals surface area contributed by atoms with E-state index in [1.807, 2.05) is 19.1 Å². The topological polar surface area (TPSA) is 76.0 Å². The van der Waals surface area contributed by atoms with Gasteiger partial charge in [0.05, 0.1) is 11.2 Å². The molecule has 2 aromatic carbocycles. The summed E-state index contributed by atoms with van der Waals surface area (Å²) in [5.74, 6) is -0.376. The number of rotatable bonds is 6. The average Bonchev–Trinajstić information content (AvgIpc) is 3.09. The zero-order valence-electron chi connectivity index (χ0n) is 17.3. The Labute approximate surface area is 200 Å². The molecule has 0 spiro atoms. The molecule has 0 atom stereocenters. The first kappa shape index (κ1) is 24.2. The van der Waals surface area contributed by atoms with Gasteiger partial charge < -0.3 is 10.6 Å². The lowest BCUT2D eigenvalue weighted by atomic mass is 10.1. The second-order valence-corrected chi connectivity index (χ2v) is 9.90. The van der Waals surface area contributed by atoms with Crippen molar-refractivity contribution in [2.75, 3.05) is 12.4 Å². The number of aryl methyl sites for hydroxylation is 1. The van der Waals surface area contributed by atoms with Gasteiger partial charge in [0, 0.05) is 40.7 Å². The smallest absolute Gasteiger partial charge is 0.269 e. The number of pyridine rings is 1. The first-order valence-electron chi connectivity index (χ1n) is 9.47. The van der Waals surface area contributed by atoms with Gasteiger partial charge in [-0.1, -0.05) is 12.1 Å². The second-order valence-electron chi connectivity index (χ2n) is 7.16. The second kappa shape index (κ2) is 9.58. The Morgan fingerprint density at radius 2 is 1.91 bits per heavy atom. The maximum Gasteiger partial charge on any atom is 0.269 e. The minimum atomic E-state index is -3.89. The molecule has 4 rings (SSSR count). The van der Waals surface area contributed by atoms with Gasteiger partial charge >= 0.3 is 0 Å². The molecular weight excluding hydrogens is 519 g/mol. The van der Waals surface area contributed by atoms with Crippen molar-refractivity contribution < 1.29 is 12.8 Å². The predicted molar refractivity (Wildman–Crippen MR) is 131 cm³/mol. The van der Waals surface area contributed by atoms with Gasteiger partial charge in [0.1, 0.15) is 10.7 Å². The van der Waals surface area contributed by atoms with E-state index in [4.69, 9.17) is 0 Å². The van der Waals surface area contributed by atoms with Crippen molar-refractivity contribution in [3.05, 3.63) is 82.5 Å². The molecule has 4 aromatic rings. The van der Waals surface area contributed by atoms with Crippen LogP contribution in [-0.2, 0) is 16.6 Å². The van der Waals surface area contributed by atoms with Crippen LogP contribution >= 0.6 is 28.3 Å². The van der Waals surface area contributed by atoms with Gasteiger partial charge in [-0.25, -0.2) is 16.8 Å². The lowest BCUT2D eigenvalue weighted by molar-refractivity contribution is 0.588. The van der Waals surface area contributed by atoms with E-state index in [0.29, 0.717) is 27.9 Å². The summed E-state index contributed by atoms with van der Waals surface area (Å²) in [5.41, 5.74) is 3.03. The number of nitrogens with zero attached hydrogens (tertiary/aromatic N) is 2. The molecule has 0 amide bonds. The Morgan fingerprint density at radius 1 is 1.12 bits per heavy atom. The van der Waals surface area contributed by atoms with Crippen molar-refractivity contribution in [2.45, 2.75) is 18.4 Å². The number of anilines is 2. The van der Waals surface area contributed by atoms with Crippen molar-refractivity contribution in [3.63, 3.8) is 0 Å². The Kier molecular flexibility index (Phi) is 7.24. The summed E-state index contributed by atoms with van der Waals surface area (Å²) in [6.07, 6.45) is 4.44. The fourth-order valence-electron chi connectivity index (χ4n) is 3.40. The quantitative estimate of drug-likeness (QED) is 0.345. The molecule has 168 valence electrons. The third-order valence-electron chi connectivity index (χ3n) is 4.86. The summed E-state index contributed by atoms with van der Waals surface area (Å²) in [4.78, 5) is 4.05. The van der Waals surface area contributed by atoms with Crippen LogP contribution in [0.15, 0.2) is 70.4 Å². The molecule has 10 heteroatoms. The predicted octanol–water partition coefficient (Wildman–Crippen LogP) is 5.37. The van der Waals surface area contributed by atoms with Crippen LogP contribution in [0.1, 0.15) is 11.1 Å². The van der Waals surface area contributed by atoms with E-state index in [1.54, 1.807) is 31.4 Å². The third-order valence-corrected chi connectivity index (χ3v) is 6.93. The monoisotopic (exact) mass is 538 g/mol. The molecule has 2 heterocycles. The van der Waals surface area contributed by atoms with Gasteiger partial charge in [0.2, 0.25) is 0 Å². The molecule has 0 aliphatic heterocycles. The summed E-state index contributed by atoms with van der Waals surface area (Å²) in [7, 11) is -2.10. The number of benzene rings is 2. The fourth-order valence-corrected chi connectivity index (χ4v) is 5.29. The van der Waals surface area contributed by atoms with E-state index < -0.39 is 10.0 Å². The van der Waals surface area contributed by atoms with Crippen molar-refractivity contribution in [3.8, 4) is 0 Å². The van der Waals surface area contributed by atoms with Gasteiger partial charge in [0.25, 0.3) is 10.0 Å². The molecule has 0 aliphatic rings. The minimum absolute atomic E-state index is 0. The maximum absolute atomic E-state index is 14.3. The molecular formula is C22H21BrClFN4O2S. The van der Waals surface area contributed by atoms with Crippen molar-refractivity contribution in [2.24, 2.45) is 0 Å². The molecule has 0 saturated carbocycles. The highest BCUT2D eigenvalue weighted by Gasteiger charge is 2.22. The van der Waals surface area contributed by atoms with E-state index in [9.17, 15) is 12.8 Å². The van der Waals surface area contributed by atoms with Crippen LogP contribution in [0, 0.1) is 12.7 Å². The highest BCUT2D eigenvalue weighted by molar-refractivity contribution is 9.10. The molecule has 2 N–H and O–H groups in total. The van der Waals surface area contributed by atoms with E-state index in [2.05, 4.69) is 31.5 Å². The first-order chi connectivity index (χ1) is 14.8. The molecule has 6 nitrogen and oxygen atoms in total.